The fraction of sp³-hybridized carbons (Fsp3) is 0.346. The van der Waals surface area contributed by atoms with Crippen LogP contribution in [0.15, 0.2) is 53.6 Å². The molecule has 2 fully saturated rings. The maximum Gasteiger partial charge on any atom is 0.241 e. The minimum absolute atomic E-state index is 0.0135. The third-order valence-electron chi connectivity index (χ3n) is 7.46. The smallest absolute Gasteiger partial charge is 0.241 e. The largest absolute Gasteiger partial charge is 0.338 e. The molecule has 37 heavy (non-hydrogen) atoms. The summed E-state index contributed by atoms with van der Waals surface area (Å²) >= 11 is 5.86. The summed E-state index contributed by atoms with van der Waals surface area (Å²) in [5.41, 5.74) is 3.07. The zero-order valence-corrected chi connectivity index (χ0v) is 21.4. The first-order chi connectivity index (χ1) is 17.8. The fourth-order valence-electron chi connectivity index (χ4n) is 5.16. The van der Waals surface area contributed by atoms with Crippen LogP contribution in [0.25, 0.3) is 0 Å². The van der Waals surface area contributed by atoms with Crippen LogP contribution in [0.5, 0.6) is 0 Å². The molecule has 192 valence electrons. The van der Waals surface area contributed by atoms with Crippen molar-refractivity contribution < 1.29 is 17.6 Å². The first kappa shape index (κ1) is 24.1. The van der Waals surface area contributed by atoms with Crippen LogP contribution in [0.1, 0.15) is 37.7 Å². The topological polar surface area (TPSA) is 104 Å². The lowest BCUT2D eigenvalue weighted by Crippen LogP contribution is -2.41. The number of hydrogen-bond donors (Lipinski definition) is 2. The Morgan fingerprint density at radius 2 is 1.84 bits per heavy atom. The molecule has 2 saturated carbocycles. The Labute approximate surface area is 219 Å². The van der Waals surface area contributed by atoms with Gasteiger partial charge in [0.15, 0.2) is 21.5 Å². The average Bonchev–Trinajstić information content (AvgIpc) is 3.68. The second-order valence-corrected chi connectivity index (χ2v) is 12.4. The van der Waals surface area contributed by atoms with Gasteiger partial charge in [0.1, 0.15) is 5.88 Å². The van der Waals surface area contributed by atoms with Gasteiger partial charge in [0.05, 0.1) is 16.3 Å². The Morgan fingerprint density at radius 3 is 2.49 bits per heavy atom. The predicted octanol–water partition coefficient (Wildman–Crippen LogP) is 5.05. The normalized spacial score (nSPS) is 17.8. The molecule has 0 unspecified atom stereocenters. The number of carbonyl (C=O) groups excluding carboxylic acids is 1. The number of hydrogen-bond acceptors (Lipinski definition) is 7. The van der Waals surface area contributed by atoms with Gasteiger partial charge in [0.2, 0.25) is 11.9 Å². The lowest BCUT2D eigenvalue weighted by molar-refractivity contribution is -0.116. The zero-order valence-electron chi connectivity index (χ0n) is 19.9. The number of amides is 1. The molecule has 1 amide bonds. The summed E-state index contributed by atoms with van der Waals surface area (Å²) in [6.45, 7) is 0.619. The number of fused-ring (bicyclic) bond motifs is 2. The number of nitrogens with zero attached hydrogens (tertiary/aromatic N) is 3. The van der Waals surface area contributed by atoms with E-state index in [2.05, 4.69) is 20.6 Å². The summed E-state index contributed by atoms with van der Waals surface area (Å²) in [7, 11) is -3.27. The van der Waals surface area contributed by atoms with Crippen molar-refractivity contribution in [1.82, 2.24) is 9.97 Å². The van der Waals surface area contributed by atoms with E-state index in [9.17, 15) is 17.6 Å². The van der Waals surface area contributed by atoms with Crippen LogP contribution in [0, 0.1) is 5.82 Å². The van der Waals surface area contributed by atoms with Crippen molar-refractivity contribution in [3.63, 3.8) is 0 Å². The van der Waals surface area contributed by atoms with Gasteiger partial charge in [-0.15, -0.1) is 11.6 Å². The molecule has 1 aliphatic heterocycles. The van der Waals surface area contributed by atoms with E-state index in [-0.39, 0.29) is 39.1 Å². The molecule has 3 aliphatic rings. The molecule has 2 aliphatic carbocycles. The highest BCUT2D eigenvalue weighted by Crippen LogP contribution is 2.53. The average molecular weight is 542 g/mol. The van der Waals surface area contributed by atoms with E-state index in [1.165, 1.54) is 0 Å². The molecule has 2 N–H and O–H groups in total. The summed E-state index contributed by atoms with van der Waals surface area (Å²) in [5, 5.41) is 5.71. The number of alkyl halides is 1. The van der Waals surface area contributed by atoms with Gasteiger partial charge in [-0.25, -0.2) is 17.8 Å². The molecule has 2 aromatic carbocycles. The quantitative estimate of drug-likeness (QED) is 0.403. The van der Waals surface area contributed by atoms with Crippen molar-refractivity contribution in [2.75, 3.05) is 28.0 Å². The van der Waals surface area contributed by atoms with Gasteiger partial charge >= 0.3 is 0 Å². The van der Waals surface area contributed by atoms with Gasteiger partial charge in [0, 0.05) is 29.0 Å². The molecular formula is C26H25ClFN5O3S. The summed E-state index contributed by atoms with van der Waals surface area (Å²) in [6, 6.07) is 12.1. The first-order valence-electron chi connectivity index (χ1n) is 12.2. The van der Waals surface area contributed by atoms with E-state index in [0.717, 1.165) is 36.7 Å². The number of anilines is 5. The monoisotopic (exact) mass is 541 g/mol. The number of carbonyl (C=O) groups is 1. The maximum atomic E-state index is 14.6. The first-order valence-corrected chi connectivity index (χ1v) is 14.3. The van der Waals surface area contributed by atoms with E-state index in [0.29, 0.717) is 30.8 Å². The van der Waals surface area contributed by atoms with Crippen molar-refractivity contribution in [2.24, 2.45) is 0 Å². The Balaban J connectivity index is 1.22. The van der Waals surface area contributed by atoms with Gasteiger partial charge in [-0.3, -0.25) is 4.79 Å². The zero-order chi connectivity index (χ0) is 25.8. The van der Waals surface area contributed by atoms with E-state index in [1.54, 1.807) is 29.2 Å². The fourth-order valence-corrected chi connectivity index (χ4v) is 6.96. The van der Waals surface area contributed by atoms with Crippen molar-refractivity contribution >= 4 is 56.2 Å². The SMILES string of the molecule is O=C(CCl)N1CC2(CCC2)c2ccc(Nc3nc(Nc4ccc(S(=O)(=O)C5CC5)cc4)ncc3F)cc21. The van der Waals surface area contributed by atoms with Crippen LogP contribution in [0.3, 0.4) is 0 Å². The minimum atomic E-state index is -3.27. The van der Waals surface area contributed by atoms with E-state index in [4.69, 9.17) is 11.6 Å². The molecular weight excluding hydrogens is 517 g/mol. The standard InChI is InChI=1S/C26H25ClFN5O3S/c27-13-23(34)33-15-26(10-1-11-26)20-9-4-17(12-22(20)33)30-24-21(28)14-29-25(32-24)31-16-2-5-18(6-3-16)37(35,36)19-7-8-19/h2-6,9,12,14,19H,1,7-8,10-11,13,15H2,(H2,29,30,31,32). The summed E-state index contributed by atoms with van der Waals surface area (Å²) in [4.78, 5) is 22.8. The third-order valence-corrected chi connectivity index (χ3v) is 9.96. The highest BCUT2D eigenvalue weighted by Gasteiger charge is 2.48. The summed E-state index contributed by atoms with van der Waals surface area (Å²) in [5.74, 6) is -0.774. The van der Waals surface area contributed by atoms with Crippen LogP contribution < -0.4 is 15.5 Å². The molecule has 0 bridgehead atoms. The minimum Gasteiger partial charge on any atom is -0.338 e. The Kier molecular flexibility index (Phi) is 5.83. The number of rotatable bonds is 7. The number of nitrogens with one attached hydrogen (secondary N) is 2. The number of sulfone groups is 1. The molecule has 1 spiro atoms. The van der Waals surface area contributed by atoms with Gasteiger partial charge in [0.25, 0.3) is 0 Å². The maximum absolute atomic E-state index is 14.6. The van der Waals surface area contributed by atoms with E-state index < -0.39 is 15.7 Å². The van der Waals surface area contributed by atoms with Gasteiger partial charge in [-0.1, -0.05) is 12.5 Å². The Hall–Kier alpha value is -3.24. The molecule has 2 heterocycles. The molecule has 3 aromatic rings. The molecule has 8 nitrogen and oxygen atoms in total. The number of benzene rings is 2. The third kappa shape index (κ3) is 4.31. The number of halogens is 2. The highest BCUT2D eigenvalue weighted by molar-refractivity contribution is 7.92. The molecule has 6 rings (SSSR count). The van der Waals surface area contributed by atoms with E-state index in [1.807, 2.05) is 18.2 Å². The van der Waals surface area contributed by atoms with Crippen molar-refractivity contribution in [3.05, 3.63) is 60.0 Å². The summed E-state index contributed by atoms with van der Waals surface area (Å²) in [6.07, 6.45) is 5.65. The second-order valence-electron chi connectivity index (χ2n) is 9.89. The lowest BCUT2D eigenvalue weighted by Gasteiger charge is -2.38. The molecule has 0 saturated heterocycles. The molecule has 0 atom stereocenters. The van der Waals surface area contributed by atoms with Crippen molar-refractivity contribution in [2.45, 2.75) is 47.7 Å². The van der Waals surface area contributed by atoms with E-state index >= 15 is 0 Å². The molecule has 1 aromatic heterocycles. The van der Waals surface area contributed by atoms with Gasteiger partial charge in [-0.2, -0.15) is 4.98 Å². The molecule has 11 heteroatoms. The Morgan fingerprint density at radius 1 is 1.11 bits per heavy atom. The van der Waals surface area contributed by atoms with Crippen LogP contribution >= 0.6 is 11.6 Å². The summed E-state index contributed by atoms with van der Waals surface area (Å²) < 4.78 is 39.4. The van der Waals surface area contributed by atoms with Crippen LogP contribution in [0.4, 0.5) is 33.2 Å². The Bertz CT molecular complexity index is 1490. The van der Waals surface area contributed by atoms with Gasteiger partial charge < -0.3 is 15.5 Å². The van der Waals surface area contributed by atoms with Crippen LogP contribution in [0.2, 0.25) is 0 Å². The van der Waals surface area contributed by atoms with Gasteiger partial charge in [-0.05, 0) is 67.6 Å². The van der Waals surface area contributed by atoms with Crippen LogP contribution in [-0.2, 0) is 20.0 Å². The van der Waals surface area contributed by atoms with Crippen molar-refractivity contribution in [3.8, 4) is 0 Å². The number of aromatic nitrogens is 2. The highest BCUT2D eigenvalue weighted by atomic mass is 35.5. The van der Waals surface area contributed by atoms with Crippen molar-refractivity contribution in [1.29, 1.82) is 0 Å². The second kappa shape index (κ2) is 8.95. The predicted molar refractivity (Wildman–Crippen MR) is 140 cm³/mol. The lowest BCUT2D eigenvalue weighted by atomic mass is 9.66. The molecule has 0 radical (unpaired) electrons. The van der Waals surface area contributed by atoms with Crippen LogP contribution in [-0.4, -0.2) is 42.0 Å².